The van der Waals surface area contributed by atoms with Crippen LogP contribution in [0.2, 0.25) is 5.02 Å². The standard InChI is InChI=1S/C19H12ClNO2/c1-11-4-2-5-12(10-11)21-18(22)14-7-3-6-13-16(20)9-8-15(17(13)14)19(21)23/h2-10H,1H3. The van der Waals surface area contributed by atoms with Gasteiger partial charge in [-0.2, -0.15) is 0 Å². The zero-order valence-electron chi connectivity index (χ0n) is 12.3. The van der Waals surface area contributed by atoms with Crippen LogP contribution >= 0.6 is 11.6 Å². The van der Waals surface area contributed by atoms with E-state index in [2.05, 4.69) is 0 Å². The second-order valence-corrected chi connectivity index (χ2v) is 6.01. The number of rotatable bonds is 1. The predicted molar refractivity (Wildman–Crippen MR) is 91.3 cm³/mol. The zero-order valence-corrected chi connectivity index (χ0v) is 13.1. The van der Waals surface area contributed by atoms with Gasteiger partial charge in [-0.15, -0.1) is 0 Å². The molecule has 3 nitrogen and oxygen atoms in total. The highest BCUT2D eigenvalue weighted by Gasteiger charge is 2.34. The van der Waals surface area contributed by atoms with Gasteiger partial charge in [0.15, 0.2) is 0 Å². The SMILES string of the molecule is Cc1cccc(N2C(=O)c3cccc4c(Cl)ccc(c34)C2=O)c1. The monoisotopic (exact) mass is 321 g/mol. The van der Waals surface area contributed by atoms with Crippen molar-refractivity contribution in [2.45, 2.75) is 6.92 Å². The van der Waals surface area contributed by atoms with Gasteiger partial charge in [-0.1, -0.05) is 35.9 Å². The molecule has 0 N–H and O–H groups in total. The van der Waals surface area contributed by atoms with E-state index in [0.717, 1.165) is 10.9 Å². The average Bonchev–Trinajstić information content (AvgIpc) is 2.54. The third kappa shape index (κ3) is 1.97. The van der Waals surface area contributed by atoms with E-state index >= 15 is 0 Å². The average molecular weight is 322 g/mol. The normalized spacial score (nSPS) is 13.7. The fourth-order valence-corrected chi connectivity index (χ4v) is 3.28. The van der Waals surface area contributed by atoms with E-state index in [0.29, 0.717) is 27.2 Å². The van der Waals surface area contributed by atoms with Gasteiger partial charge in [-0.3, -0.25) is 9.59 Å². The molecule has 0 aromatic heterocycles. The van der Waals surface area contributed by atoms with Crippen LogP contribution in [0.3, 0.4) is 0 Å². The third-order valence-electron chi connectivity index (χ3n) is 4.11. The quantitative estimate of drug-likeness (QED) is 0.614. The van der Waals surface area contributed by atoms with Gasteiger partial charge in [-0.25, -0.2) is 4.90 Å². The molecule has 0 spiro atoms. The first kappa shape index (κ1) is 14.0. The highest BCUT2D eigenvalue weighted by atomic mass is 35.5. The van der Waals surface area contributed by atoms with Crippen LogP contribution in [-0.2, 0) is 0 Å². The topological polar surface area (TPSA) is 37.4 Å². The van der Waals surface area contributed by atoms with E-state index < -0.39 is 0 Å². The molecule has 0 saturated heterocycles. The lowest BCUT2D eigenvalue weighted by atomic mass is 9.93. The zero-order chi connectivity index (χ0) is 16.1. The summed E-state index contributed by atoms with van der Waals surface area (Å²) >= 11 is 6.22. The Morgan fingerprint density at radius 1 is 0.870 bits per heavy atom. The van der Waals surface area contributed by atoms with E-state index in [9.17, 15) is 9.59 Å². The van der Waals surface area contributed by atoms with Gasteiger partial charge in [0.2, 0.25) is 0 Å². The van der Waals surface area contributed by atoms with E-state index in [1.165, 1.54) is 4.90 Å². The van der Waals surface area contributed by atoms with Crippen molar-refractivity contribution in [1.82, 2.24) is 0 Å². The van der Waals surface area contributed by atoms with Crippen molar-refractivity contribution >= 4 is 39.9 Å². The Bertz CT molecular complexity index is 972. The van der Waals surface area contributed by atoms with Gasteiger partial charge in [0.25, 0.3) is 11.8 Å². The molecule has 23 heavy (non-hydrogen) atoms. The minimum atomic E-state index is -0.319. The lowest BCUT2D eigenvalue weighted by Gasteiger charge is -2.27. The first-order chi connectivity index (χ1) is 11.1. The Hall–Kier alpha value is -2.65. The van der Waals surface area contributed by atoms with Crippen LogP contribution < -0.4 is 4.90 Å². The van der Waals surface area contributed by atoms with E-state index in [1.807, 2.05) is 31.2 Å². The van der Waals surface area contributed by atoms with Crippen LogP contribution in [0, 0.1) is 6.92 Å². The number of carbonyl (C=O) groups excluding carboxylic acids is 2. The smallest absolute Gasteiger partial charge is 0.265 e. The summed E-state index contributed by atoms with van der Waals surface area (Å²) in [6.45, 7) is 1.93. The summed E-state index contributed by atoms with van der Waals surface area (Å²) in [6, 6.07) is 16.1. The van der Waals surface area contributed by atoms with Crippen molar-refractivity contribution in [2.75, 3.05) is 4.90 Å². The number of carbonyl (C=O) groups is 2. The molecule has 1 aliphatic heterocycles. The van der Waals surface area contributed by atoms with Crippen LogP contribution in [0.1, 0.15) is 26.3 Å². The van der Waals surface area contributed by atoms with E-state index in [4.69, 9.17) is 11.6 Å². The molecular weight excluding hydrogens is 310 g/mol. The highest BCUT2D eigenvalue weighted by Crippen LogP contribution is 2.35. The maximum absolute atomic E-state index is 12.9. The molecule has 0 bridgehead atoms. The van der Waals surface area contributed by atoms with Crippen LogP contribution in [0.4, 0.5) is 5.69 Å². The van der Waals surface area contributed by atoms with Gasteiger partial charge in [-0.05, 0) is 42.8 Å². The summed E-state index contributed by atoms with van der Waals surface area (Å²) in [4.78, 5) is 27.0. The van der Waals surface area contributed by atoms with Crippen molar-refractivity contribution in [2.24, 2.45) is 0 Å². The first-order valence-electron chi connectivity index (χ1n) is 7.24. The number of benzene rings is 3. The van der Waals surface area contributed by atoms with Crippen molar-refractivity contribution < 1.29 is 9.59 Å². The summed E-state index contributed by atoms with van der Waals surface area (Å²) in [7, 11) is 0. The van der Waals surface area contributed by atoms with Crippen molar-refractivity contribution in [1.29, 1.82) is 0 Å². The Labute approximate surface area is 138 Å². The predicted octanol–water partition coefficient (Wildman–Crippen LogP) is 4.60. The second kappa shape index (κ2) is 4.93. The molecule has 4 heteroatoms. The molecule has 0 fully saturated rings. The molecule has 1 heterocycles. The van der Waals surface area contributed by atoms with E-state index in [-0.39, 0.29) is 11.8 Å². The molecular formula is C19H12ClNO2. The lowest BCUT2D eigenvalue weighted by Crippen LogP contribution is -2.40. The Kier molecular flexibility index (Phi) is 3.00. The van der Waals surface area contributed by atoms with Crippen molar-refractivity contribution in [3.05, 3.63) is 76.3 Å². The molecule has 112 valence electrons. The summed E-state index contributed by atoms with van der Waals surface area (Å²) in [5.74, 6) is -0.637. The molecule has 0 saturated carbocycles. The molecule has 0 atom stereocenters. The largest absolute Gasteiger partial charge is 0.268 e. The van der Waals surface area contributed by atoms with Gasteiger partial charge in [0.1, 0.15) is 0 Å². The van der Waals surface area contributed by atoms with Crippen LogP contribution in [-0.4, -0.2) is 11.8 Å². The lowest BCUT2D eigenvalue weighted by molar-refractivity contribution is 0.0893. The number of halogens is 1. The number of nitrogens with zero attached hydrogens (tertiary/aromatic N) is 1. The molecule has 0 unspecified atom stereocenters. The van der Waals surface area contributed by atoms with Crippen LogP contribution in [0.5, 0.6) is 0 Å². The number of aryl methyl sites for hydroxylation is 1. The van der Waals surface area contributed by atoms with Crippen LogP contribution in [0.15, 0.2) is 54.6 Å². The maximum atomic E-state index is 12.9. The molecule has 2 amide bonds. The molecule has 4 rings (SSSR count). The molecule has 0 aliphatic carbocycles. The summed E-state index contributed by atoms with van der Waals surface area (Å²) < 4.78 is 0. The number of hydrogen-bond acceptors (Lipinski definition) is 2. The van der Waals surface area contributed by atoms with Crippen LogP contribution in [0.25, 0.3) is 10.8 Å². The van der Waals surface area contributed by atoms with Gasteiger partial charge >= 0.3 is 0 Å². The Balaban J connectivity index is 2.01. The first-order valence-corrected chi connectivity index (χ1v) is 7.62. The molecule has 3 aromatic carbocycles. The Morgan fingerprint density at radius 2 is 1.57 bits per heavy atom. The number of hydrogen-bond donors (Lipinski definition) is 0. The number of imide groups is 1. The van der Waals surface area contributed by atoms with Crippen molar-refractivity contribution in [3.8, 4) is 0 Å². The minimum Gasteiger partial charge on any atom is -0.268 e. The highest BCUT2D eigenvalue weighted by molar-refractivity contribution is 6.40. The van der Waals surface area contributed by atoms with Gasteiger partial charge in [0, 0.05) is 26.9 Å². The Morgan fingerprint density at radius 3 is 2.30 bits per heavy atom. The summed E-state index contributed by atoms with van der Waals surface area (Å²) in [5, 5.41) is 1.90. The maximum Gasteiger partial charge on any atom is 0.265 e. The number of amides is 2. The summed E-state index contributed by atoms with van der Waals surface area (Å²) in [6.07, 6.45) is 0. The minimum absolute atomic E-state index is 0.319. The second-order valence-electron chi connectivity index (χ2n) is 5.61. The van der Waals surface area contributed by atoms with Crippen molar-refractivity contribution in [3.63, 3.8) is 0 Å². The fraction of sp³-hybridized carbons (Fsp3) is 0.0526. The van der Waals surface area contributed by atoms with E-state index in [1.54, 1.807) is 30.3 Å². The molecule has 1 aliphatic rings. The summed E-state index contributed by atoms with van der Waals surface area (Å²) in [5.41, 5.74) is 2.57. The molecule has 3 aromatic rings. The molecule has 0 radical (unpaired) electrons. The van der Waals surface area contributed by atoms with Gasteiger partial charge in [0.05, 0.1) is 5.69 Å². The van der Waals surface area contributed by atoms with Gasteiger partial charge < -0.3 is 0 Å². The fourth-order valence-electron chi connectivity index (χ4n) is 3.06. The number of anilines is 1. The third-order valence-corrected chi connectivity index (χ3v) is 4.44.